The highest BCUT2D eigenvalue weighted by atomic mass is 127. The van der Waals surface area contributed by atoms with Crippen LogP contribution in [-0.4, -0.2) is 36.7 Å². The number of amides is 1. The second kappa shape index (κ2) is 7.53. The molecule has 4 heterocycles. The number of anilines is 1. The van der Waals surface area contributed by atoms with Gasteiger partial charge in [-0.3, -0.25) is 4.79 Å². The maximum atomic E-state index is 13.3. The Labute approximate surface area is 189 Å². The highest BCUT2D eigenvalue weighted by molar-refractivity contribution is 14.1. The number of halogens is 2. The number of hydrogen-bond acceptors (Lipinski definition) is 6. The van der Waals surface area contributed by atoms with Crippen molar-refractivity contribution in [3.63, 3.8) is 0 Å². The lowest BCUT2D eigenvalue weighted by atomic mass is 10.1. The lowest BCUT2D eigenvalue weighted by molar-refractivity contribution is 0.0438. The number of thiazole rings is 1. The van der Waals surface area contributed by atoms with Gasteiger partial charge < -0.3 is 19.9 Å². The number of nitrogens with zero attached hydrogens (tertiary/aromatic N) is 4. The van der Waals surface area contributed by atoms with E-state index in [1.165, 1.54) is 11.3 Å². The largest absolute Gasteiger partial charge is 0.371 e. The fourth-order valence-corrected chi connectivity index (χ4v) is 5.74. The minimum Gasteiger partial charge on any atom is -0.371 e. The normalized spacial score (nSPS) is 17.3. The van der Waals surface area contributed by atoms with Crippen molar-refractivity contribution in [2.45, 2.75) is 38.2 Å². The molecule has 0 aliphatic carbocycles. The number of hydrogen-bond donors (Lipinski definition) is 2. The Bertz CT molecular complexity index is 1090. The molecule has 29 heavy (non-hydrogen) atoms. The van der Waals surface area contributed by atoms with Gasteiger partial charge in [-0.15, -0.1) is 11.3 Å². The molecule has 0 saturated heterocycles. The van der Waals surface area contributed by atoms with Crippen molar-refractivity contribution in [3.8, 4) is 0 Å². The quantitative estimate of drug-likeness (QED) is 0.380. The van der Waals surface area contributed by atoms with Crippen LogP contribution in [0.3, 0.4) is 0 Å². The summed E-state index contributed by atoms with van der Waals surface area (Å²) < 4.78 is 3.00. The van der Waals surface area contributed by atoms with Gasteiger partial charge in [0.2, 0.25) is 0 Å². The summed E-state index contributed by atoms with van der Waals surface area (Å²) in [4.78, 5) is 23.8. The van der Waals surface area contributed by atoms with Crippen LogP contribution in [0, 0.1) is 3.57 Å². The van der Waals surface area contributed by atoms with Gasteiger partial charge in [-0.1, -0.05) is 11.6 Å². The Morgan fingerprint density at radius 1 is 1.34 bits per heavy atom. The highest BCUT2D eigenvalue weighted by Crippen LogP contribution is 2.39. The zero-order chi connectivity index (χ0) is 20.1. The Morgan fingerprint density at radius 2 is 2.21 bits per heavy atom. The number of nitrogens with one attached hydrogen (secondary N) is 1. The van der Waals surface area contributed by atoms with E-state index < -0.39 is 12.3 Å². The number of fused-ring (bicyclic) bond motifs is 2. The third-order valence-electron chi connectivity index (χ3n) is 5.39. The number of aliphatic hydroxyl groups excluding tert-OH is 1. The highest BCUT2D eigenvalue weighted by Gasteiger charge is 2.41. The summed E-state index contributed by atoms with van der Waals surface area (Å²) in [6.45, 7) is 1.24. The van der Waals surface area contributed by atoms with Crippen LogP contribution in [-0.2, 0) is 19.5 Å². The fraction of sp³-hybridized carbons (Fsp3) is 0.316. The second-order valence-electron chi connectivity index (χ2n) is 7.09. The van der Waals surface area contributed by atoms with Crippen LogP contribution in [0.1, 0.15) is 39.8 Å². The summed E-state index contributed by atoms with van der Waals surface area (Å²) in [6.07, 6.45) is 4.32. The molecule has 10 heteroatoms. The number of aliphatic hydroxyl groups is 1. The minimum absolute atomic E-state index is 0.148. The van der Waals surface area contributed by atoms with E-state index in [0.29, 0.717) is 22.3 Å². The van der Waals surface area contributed by atoms with Gasteiger partial charge in [-0.2, -0.15) is 0 Å². The van der Waals surface area contributed by atoms with Crippen molar-refractivity contribution in [3.05, 3.63) is 61.1 Å². The predicted molar refractivity (Wildman–Crippen MR) is 119 cm³/mol. The summed E-state index contributed by atoms with van der Waals surface area (Å²) in [5.74, 6) is -0.148. The lowest BCUT2D eigenvalue weighted by Crippen LogP contribution is -2.41. The molecule has 2 N–H and O–H groups in total. The summed E-state index contributed by atoms with van der Waals surface area (Å²) in [5, 5.41) is 17.2. The molecule has 7 nitrogen and oxygen atoms in total. The molecule has 2 atom stereocenters. The summed E-state index contributed by atoms with van der Waals surface area (Å²) in [7, 11) is 0. The average molecular weight is 542 g/mol. The number of aromatic nitrogens is 3. The molecule has 2 aliphatic heterocycles. The molecule has 5 rings (SSSR count). The maximum Gasteiger partial charge on any atom is 0.255 e. The zero-order valence-electron chi connectivity index (χ0n) is 15.2. The third kappa shape index (κ3) is 3.33. The molecule has 0 fully saturated rings. The third-order valence-corrected chi connectivity index (χ3v) is 7.05. The van der Waals surface area contributed by atoms with Gasteiger partial charge in [0.1, 0.15) is 6.04 Å². The molecular weight excluding hydrogens is 525 g/mol. The monoisotopic (exact) mass is 541 g/mol. The van der Waals surface area contributed by atoms with Crippen molar-refractivity contribution < 1.29 is 9.90 Å². The number of rotatable bonds is 5. The van der Waals surface area contributed by atoms with E-state index >= 15 is 0 Å². The topological polar surface area (TPSA) is 83.3 Å². The number of imidazole rings is 1. The van der Waals surface area contributed by atoms with Crippen molar-refractivity contribution in [1.29, 1.82) is 0 Å². The smallest absolute Gasteiger partial charge is 0.255 e. The number of carbonyl (C=O) groups is 1. The van der Waals surface area contributed by atoms with E-state index in [-0.39, 0.29) is 5.91 Å². The van der Waals surface area contributed by atoms with Gasteiger partial charge in [0, 0.05) is 50.1 Å². The van der Waals surface area contributed by atoms with Gasteiger partial charge in [-0.05, 0) is 47.6 Å². The SMILES string of the molecule is O=C1c2cc(I)cc(Cl)c2CN1C(c1ncn2c1CCC2)C(O)Nc1nccs1. The van der Waals surface area contributed by atoms with E-state index in [0.717, 1.165) is 39.9 Å². The first-order valence-electron chi connectivity index (χ1n) is 9.20. The van der Waals surface area contributed by atoms with Crippen molar-refractivity contribution in [1.82, 2.24) is 19.4 Å². The predicted octanol–water partition coefficient (Wildman–Crippen LogP) is 3.67. The van der Waals surface area contributed by atoms with E-state index in [1.807, 2.05) is 17.5 Å². The molecule has 1 amide bonds. The van der Waals surface area contributed by atoms with Crippen LogP contribution < -0.4 is 5.32 Å². The number of benzene rings is 1. The molecule has 0 saturated carbocycles. The van der Waals surface area contributed by atoms with Gasteiger partial charge in [0.15, 0.2) is 11.4 Å². The molecule has 2 aliphatic rings. The van der Waals surface area contributed by atoms with E-state index in [4.69, 9.17) is 11.6 Å². The summed E-state index contributed by atoms with van der Waals surface area (Å²) in [6, 6.07) is 3.05. The Morgan fingerprint density at radius 3 is 3.00 bits per heavy atom. The average Bonchev–Trinajstić information content (AvgIpc) is 3.44. The van der Waals surface area contributed by atoms with Crippen molar-refractivity contribution in [2.75, 3.05) is 5.32 Å². The van der Waals surface area contributed by atoms with Gasteiger partial charge in [-0.25, -0.2) is 9.97 Å². The molecular formula is C19H17ClIN5O2S. The molecule has 2 unspecified atom stereocenters. The number of carbonyl (C=O) groups excluding carboxylic acids is 1. The molecule has 0 radical (unpaired) electrons. The van der Waals surface area contributed by atoms with Crippen LogP contribution in [0.2, 0.25) is 5.02 Å². The van der Waals surface area contributed by atoms with E-state index in [1.54, 1.807) is 17.4 Å². The van der Waals surface area contributed by atoms with Crippen molar-refractivity contribution >= 4 is 56.6 Å². The molecule has 1 aromatic carbocycles. The Balaban J connectivity index is 1.55. The zero-order valence-corrected chi connectivity index (χ0v) is 18.9. The molecule has 3 aromatic rings. The summed E-state index contributed by atoms with van der Waals surface area (Å²) in [5.41, 5.74) is 3.18. The number of aryl methyl sites for hydroxylation is 1. The molecule has 2 aromatic heterocycles. The van der Waals surface area contributed by atoms with Gasteiger partial charge in [0.25, 0.3) is 5.91 Å². The van der Waals surface area contributed by atoms with Gasteiger partial charge >= 0.3 is 0 Å². The fourth-order valence-electron chi connectivity index (χ4n) is 4.10. The van der Waals surface area contributed by atoms with Gasteiger partial charge in [0.05, 0.1) is 12.0 Å². The van der Waals surface area contributed by atoms with Crippen LogP contribution in [0.5, 0.6) is 0 Å². The molecule has 150 valence electrons. The first-order chi connectivity index (χ1) is 14.0. The van der Waals surface area contributed by atoms with Crippen LogP contribution in [0.15, 0.2) is 30.0 Å². The first-order valence-corrected chi connectivity index (χ1v) is 11.5. The minimum atomic E-state index is -1.06. The van der Waals surface area contributed by atoms with Crippen LogP contribution in [0.25, 0.3) is 0 Å². The second-order valence-corrected chi connectivity index (χ2v) is 9.64. The lowest BCUT2D eigenvalue weighted by Gasteiger charge is -2.31. The molecule has 0 spiro atoms. The molecule has 0 bridgehead atoms. The van der Waals surface area contributed by atoms with E-state index in [2.05, 4.69) is 42.4 Å². The first kappa shape index (κ1) is 19.3. The Kier molecular flexibility index (Phi) is 5.01. The van der Waals surface area contributed by atoms with Crippen molar-refractivity contribution in [2.24, 2.45) is 0 Å². The summed E-state index contributed by atoms with van der Waals surface area (Å²) >= 11 is 9.98. The van der Waals surface area contributed by atoms with Crippen LogP contribution >= 0.6 is 45.5 Å². The Hall–Kier alpha value is -1.69. The maximum absolute atomic E-state index is 13.3. The standard InChI is InChI=1S/C19H17ClIN5O2S/c20-13-7-10(21)6-11-12(13)8-26(18(11)28)16(17(27)24-19-22-3-5-29-19)15-14-2-1-4-25(14)9-23-15/h3,5-7,9,16-17,27H,1-2,4,8H2,(H,22,24). The van der Waals surface area contributed by atoms with Crippen LogP contribution in [0.4, 0.5) is 5.13 Å². The van der Waals surface area contributed by atoms with E-state index in [9.17, 15) is 9.90 Å².